The van der Waals surface area contributed by atoms with Crippen LogP contribution in [0.15, 0.2) is 0 Å². The molecule has 58 valence electrons. The van der Waals surface area contributed by atoms with Gasteiger partial charge in [0, 0.05) is 12.3 Å². The fourth-order valence-electron chi connectivity index (χ4n) is 0.812. The highest BCUT2D eigenvalue weighted by Crippen LogP contribution is 2.16. The molecule has 3 nitrogen and oxygen atoms in total. The quantitative estimate of drug-likeness (QED) is 0.646. The third-order valence-corrected chi connectivity index (χ3v) is 1.42. The van der Waals surface area contributed by atoms with Gasteiger partial charge < -0.3 is 0 Å². The van der Waals surface area contributed by atoms with Crippen molar-refractivity contribution in [3.8, 4) is 12.3 Å². The average molecular weight is 153 g/mol. The van der Waals surface area contributed by atoms with Crippen LogP contribution in [0.4, 0.5) is 4.39 Å². The van der Waals surface area contributed by atoms with E-state index in [9.17, 15) is 4.39 Å². The number of aromatic nitrogens is 3. The molecule has 1 rings (SSSR count). The van der Waals surface area contributed by atoms with E-state index in [0.29, 0.717) is 12.1 Å². The zero-order valence-electron chi connectivity index (χ0n) is 6.13. The van der Waals surface area contributed by atoms with E-state index in [1.165, 1.54) is 0 Å². The molecule has 0 unspecified atom stereocenters. The van der Waals surface area contributed by atoms with Crippen molar-refractivity contribution >= 4 is 0 Å². The van der Waals surface area contributed by atoms with E-state index in [1.807, 2.05) is 0 Å². The van der Waals surface area contributed by atoms with Crippen LogP contribution < -0.4 is 0 Å². The Morgan fingerprint density at radius 2 is 2.55 bits per heavy atom. The van der Waals surface area contributed by atoms with E-state index < -0.39 is 5.95 Å². The van der Waals surface area contributed by atoms with Gasteiger partial charge in [0.15, 0.2) is 0 Å². The highest BCUT2D eigenvalue weighted by Gasteiger charge is 2.13. The van der Waals surface area contributed by atoms with E-state index in [0.717, 1.165) is 0 Å². The summed E-state index contributed by atoms with van der Waals surface area (Å²) in [5.74, 6) is 1.87. The van der Waals surface area contributed by atoms with Gasteiger partial charge in [0.25, 0.3) is 0 Å². The van der Waals surface area contributed by atoms with Crippen molar-refractivity contribution in [1.82, 2.24) is 15.4 Å². The standard InChI is InChI=1S/C7H8FN3/c1-3-4-5(2)6-7(8)10-11-9-6/h1,5H,4H2,2H3,(H,9,10,11)/t5-/m1/s1. The van der Waals surface area contributed by atoms with Crippen LogP contribution in [0.1, 0.15) is 25.0 Å². The lowest BCUT2D eigenvalue weighted by Crippen LogP contribution is -1.95. The van der Waals surface area contributed by atoms with Crippen molar-refractivity contribution < 1.29 is 4.39 Å². The second-order valence-corrected chi connectivity index (χ2v) is 2.32. The summed E-state index contributed by atoms with van der Waals surface area (Å²) in [5.41, 5.74) is 0.308. The SMILES string of the molecule is C#CC[C@@H](C)c1nn[nH]c1F. The van der Waals surface area contributed by atoms with Crippen molar-refractivity contribution in [2.24, 2.45) is 0 Å². The van der Waals surface area contributed by atoms with Gasteiger partial charge >= 0.3 is 0 Å². The topological polar surface area (TPSA) is 41.6 Å². The molecule has 11 heavy (non-hydrogen) atoms. The smallest absolute Gasteiger partial charge is 0.232 e. The summed E-state index contributed by atoms with van der Waals surface area (Å²) < 4.78 is 12.7. The normalized spacial score (nSPS) is 12.5. The Hall–Kier alpha value is -1.37. The summed E-state index contributed by atoms with van der Waals surface area (Å²) in [4.78, 5) is 0. The zero-order chi connectivity index (χ0) is 8.27. The van der Waals surface area contributed by atoms with Gasteiger partial charge in [0.05, 0.1) is 0 Å². The Morgan fingerprint density at radius 3 is 3.00 bits per heavy atom. The molecule has 0 saturated heterocycles. The van der Waals surface area contributed by atoms with Crippen LogP contribution in [0, 0.1) is 18.3 Å². The third kappa shape index (κ3) is 1.55. The van der Waals surface area contributed by atoms with Crippen LogP contribution in [0.5, 0.6) is 0 Å². The molecule has 0 aliphatic heterocycles. The molecule has 0 aromatic carbocycles. The molecule has 0 aliphatic rings. The predicted octanol–water partition coefficient (Wildman–Crippen LogP) is 1.07. The Bertz CT molecular complexity index is 273. The lowest BCUT2D eigenvalue weighted by molar-refractivity contribution is 0.553. The van der Waals surface area contributed by atoms with Gasteiger partial charge in [0.2, 0.25) is 5.95 Å². The Morgan fingerprint density at radius 1 is 1.82 bits per heavy atom. The van der Waals surface area contributed by atoms with Gasteiger partial charge in [-0.25, -0.2) is 5.10 Å². The van der Waals surface area contributed by atoms with E-state index >= 15 is 0 Å². The number of terminal acetylenes is 1. The third-order valence-electron chi connectivity index (χ3n) is 1.42. The van der Waals surface area contributed by atoms with Crippen molar-refractivity contribution in [1.29, 1.82) is 0 Å². The fourth-order valence-corrected chi connectivity index (χ4v) is 0.812. The van der Waals surface area contributed by atoms with Gasteiger partial charge in [-0.1, -0.05) is 12.1 Å². The number of hydrogen-bond donors (Lipinski definition) is 1. The Kier molecular flexibility index (Phi) is 2.21. The monoisotopic (exact) mass is 153 g/mol. The molecule has 0 aliphatic carbocycles. The van der Waals surface area contributed by atoms with Gasteiger partial charge in [-0.05, 0) is 0 Å². The number of aromatic amines is 1. The van der Waals surface area contributed by atoms with Crippen molar-refractivity contribution in [2.75, 3.05) is 0 Å². The molecule has 0 bridgehead atoms. The molecular weight excluding hydrogens is 145 g/mol. The first-order valence-electron chi connectivity index (χ1n) is 3.25. The van der Waals surface area contributed by atoms with Crippen molar-refractivity contribution in [3.05, 3.63) is 11.6 Å². The highest BCUT2D eigenvalue weighted by atomic mass is 19.1. The summed E-state index contributed by atoms with van der Waals surface area (Å²) in [6.07, 6.45) is 5.53. The largest absolute Gasteiger partial charge is 0.232 e. The minimum atomic E-state index is -0.493. The van der Waals surface area contributed by atoms with Gasteiger partial charge in [-0.2, -0.15) is 4.39 Å². The van der Waals surface area contributed by atoms with Crippen LogP contribution >= 0.6 is 0 Å². The Labute approximate surface area is 64.0 Å². The molecule has 0 fully saturated rings. The van der Waals surface area contributed by atoms with Crippen LogP contribution in [0.2, 0.25) is 0 Å². The molecule has 0 radical (unpaired) electrons. The van der Waals surface area contributed by atoms with Crippen LogP contribution in [0.3, 0.4) is 0 Å². The Balaban J connectivity index is 2.77. The maximum atomic E-state index is 12.7. The first-order chi connectivity index (χ1) is 5.25. The summed E-state index contributed by atoms with van der Waals surface area (Å²) in [6.45, 7) is 1.81. The molecule has 1 N–H and O–H groups in total. The van der Waals surface area contributed by atoms with Gasteiger partial charge in [-0.3, -0.25) is 0 Å². The molecule has 0 amide bonds. The summed E-state index contributed by atoms with van der Waals surface area (Å²) in [7, 11) is 0. The number of halogens is 1. The lowest BCUT2D eigenvalue weighted by Gasteiger charge is -2.00. The van der Waals surface area contributed by atoms with Crippen molar-refractivity contribution in [2.45, 2.75) is 19.3 Å². The fraction of sp³-hybridized carbons (Fsp3) is 0.429. The minimum absolute atomic E-state index is 0.0706. The van der Waals surface area contributed by atoms with E-state index in [1.54, 1.807) is 6.92 Å². The van der Waals surface area contributed by atoms with E-state index in [2.05, 4.69) is 21.3 Å². The molecule has 4 heteroatoms. The molecule has 0 spiro atoms. The second kappa shape index (κ2) is 3.15. The molecular formula is C7H8FN3. The number of nitrogens with zero attached hydrogens (tertiary/aromatic N) is 2. The molecule has 0 saturated carbocycles. The summed E-state index contributed by atoms with van der Waals surface area (Å²) >= 11 is 0. The van der Waals surface area contributed by atoms with Crippen LogP contribution in [0.25, 0.3) is 0 Å². The molecule has 1 aromatic heterocycles. The average Bonchev–Trinajstić information content (AvgIpc) is 2.36. The van der Waals surface area contributed by atoms with Gasteiger partial charge in [-0.15, -0.1) is 17.4 Å². The van der Waals surface area contributed by atoms with Crippen LogP contribution in [-0.4, -0.2) is 15.4 Å². The van der Waals surface area contributed by atoms with E-state index in [4.69, 9.17) is 6.42 Å². The second-order valence-electron chi connectivity index (χ2n) is 2.32. The summed E-state index contributed by atoms with van der Waals surface area (Å²) in [6, 6.07) is 0. The maximum Gasteiger partial charge on any atom is 0.232 e. The lowest BCUT2D eigenvalue weighted by atomic mass is 10.1. The van der Waals surface area contributed by atoms with E-state index in [-0.39, 0.29) is 5.92 Å². The summed E-state index contributed by atoms with van der Waals surface area (Å²) in [5, 5.41) is 8.98. The van der Waals surface area contributed by atoms with Crippen molar-refractivity contribution in [3.63, 3.8) is 0 Å². The highest BCUT2D eigenvalue weighted by molar-refractivity contribution is 5.05. The number of nitrogens with one attached hydrogen (secondary N) is 1. The predicted molar refractivity (Wildman–Crippen MR) is 38.2 cm³/mol. The first-order valence-corrected chi connectivity index (χ1v) is 3.25. The number of hydrogen-bond acceptors (Lipinski definition) is 2. The first kappa shape index (κ1) is 7.73. The molecule has 1 atom stereocenters. The zero-order valence-corrected chi connectivity index (χ0v) is 6.13. The molecule has 1 heterocycles. The number of H-pyrrole nitrogens is 1. The molecule has 1 aromatic rings. The number of rotatable bonds is 2. The van der Waals surface area contributed by atoms with Crippen LogP contribution in [-0.2, 0) is 0 Å². The maximum absolute atomic E-state index is 12.7. The minimum Gasteiger partial charge on any atom is -0.232 e. The van der Waals surface area contributed by atoms with Gasteiger partial charge in [0.1, 0.15) is 5.69 Å².